The van der Waals surface area contributed by atoms with E-state index in [-0.39, 0.29) is 17.5 Å². The van der Waals surface area contributed by atoms with Crippen molar-refractivity contribution in [3.05, 3.63) is 72.5 Å². The monoisotopic (exact) mass is 709 g/mol. The first kappa shape index (κ1) is 45.5. The number of aryl methyl sites for hydroxylation is 1. The number of halogens is 4. The van der Waals surface area contributed by atoms with Crippen LogP contribution in [0.15, 0.2) is 59.7 Å². The third kappa shape index (κ3) is 16.8. The Hall–Kier alpha value is -4.46. The van der Waals surface area contributed by atoms with Gasteiger partial charge in [-0.25, -0.2) is 9.37 Å². The van der Waals surface area contributed by atoms with E-state index in [0.717, 1.165) is 44.7 Å². The summed E-state index contributed by atoms with van der Waals surface area (Å²) < 4.78 is 55.4. The number of allylic oxidation sites excluding steroid dienone is 1. The molecule has 2 fully saturated rings. The number of carbonyl (C=O) groups excluding carboxylic acids is 2. The minimum absolute atomic E-state index is 0.0985. The number of carbonyl (C=O) groups is 2. The van der Waals surface area contributed by atoms with Crippen molar-refractivity contribution in [3.63, 3.8) is 0 Å². The number of benzene rings is 1. The molecule has 1 atom stereocenters. The molecule has 2 aliphatic heterocycles. The van der Waals surface area contributed by atoms with Crippen LogP contribution in [0.5, 0.6) is 0 Å². The van der Waals surface area contributed by atoms with Crippen molar-refractivity contribution in [1.82, 2.24) is 14.9 Å². The van der Waals surface area contributed by atoms with Gasteiger partial charge in [0.05, 0.1) is 17.6 Å². The van der Waals surface area contributed by atoms with Crippen LogP contribution in [-0.4, -0.2) is 74.0 Å². The van der Waals surface area contributed by atoms with Crippen LogP contribution < -0.4 is 20.4 Å². The van der Waals surface area contributed by atoms with Crippen molar-refractivity contribution in [1.29, 1.82) is 0 Å². The summed E-state index contributed by atoms with van der Waals surface area (Å²) in [5.74, 6) is 0.471. The topological polar surface area (TPSA) is 107 Å². The first-order valence-electron chi connectivity index (χ1n) is 16.8. The molecule has 1 aromatic carbocycles. The smallest absolute Gasteiger partial charge is 0.428 e. The van der Waals surface area contributed by atoms with E-state index in [9.17, 15) is 27.2 Å². The van der Waals surface area contributed by atoms with Crippen molar-refractivity contribution in [2.24, 2.45) is 5.92 Å². The molecule has 2 aliphatic rings. The Kier molecular flexibility index (Phi) is 23.2. The highest BCUT2D eigenvalue weighted by Gasteiger charge is 2.38. The van der Waals surface area contributed by atoms with Gasteiger partial charge in [-0.2, -0.15) is 18.2 Å². The number of oxazole rings is 1. The number of piperazine rings is 1. The molecule has 2 N–H and O–H groups in total. The number of nitrogens with one attached hydrogen (secondary N) is 2. The minimum Gasteiger partial charge on any atom is -0.428 e. The van der Waals surface area contributed by atoms with Gasteiger partial charge >= 0.3 is 6.18 Å². The summed E-state index contributed by atoms with van der Waals surface area (Å²) in [4.78, 5) is 34.2. The molecule has 10 nitrogen and oxygen atoms in total. The zero-order valence-electron chi connectivity index (χ0n) is 30.7. The third-order valence-corrected chi connectivity index (χ3v) is 6.89. The maximum Gasteiger partial charge on any atom is 0.436 e. The lowest BCUT2D eigenvalue weighted by Gasteiger charge is -2.33. The standard InChI is InChI=1S/C11H15F3N2O.C11H16N4O.C7H6FNO.C3H6.2C2H6/c1-7-4-3-5-16(6-7)10-15-9(8(2)17-10)11(12,13)14;1-14-4-6-15(7-5-14)10-2-3-11(12-8-10)13-9-16;8-6-3-1-2-4-7(6)9-5-10;1-3-2;2*1-2/h7H,3-6H2,1-2H3;2-3,8-9H,4-7H2,1H3,(H,12,13,16);1-5H,(H,9,10);3H,1H2,2H3;2*1-2H3. The number of amides is 2. The summed E-state index contributed by atoms with van der Waals surface area (Å²) in [7, 11) is 2.13. The van der Waals surface area contributed by atoms with Crippen LogP contribution in [-0.2, 0) is 15.8 Å². The molecule has 280 valence electrons. The second-order valence-electron chi connectivity index (χ2n) is 10.7. The van der Waals surface area contributed by atoms with Crippen LogP contribution in [0.2, 0.25) is 0 Å². The average Bonchev–Trinajstić information content (AvgIpc) is 3.52. The molecule has 4 heterocycles. The fourth-order valence-corrected chi connectivity index (χ4v) is 4.57. The molecule has 50 heavy (non-hydrogen) atoms. The van der Waals surface area contributed by atoms with Crippen molar-refractivity contribution >= 4 is 36.0 Å². The molecule has 0 aliphatic carbocycles. The second kappa shape index (κ2) is 25.5. The third-order valence-electron chi connectivity index (χ3n) is 6.89. The second-order valence-corrected chi connectivity index (χ2v) is 10.7. The summed E-state index contributed by atoms with van der Waals surface area (Å²) in [5.41, 5.74) is 0.410. The summed E-state index contributed by atoms with van der Waals surface area (Å²) in [5, 5.41) is 4.75. The van der Waals surface area contributed by atoms with Gasteiger partial charge in [0, 0.05) is 39.3 Å². The van der Waals surface area contributed by atoms with Gasteiger partial charge in [-0.05, 0) is 63.9 Å². The minimum atomic E-state index is -4.44. The van der Waals surface area contributed by atoms with Crippen LogP contribution in [0.3, 0.4) is 0 Å². The number of para-hydroxylation sites is 1. The maximum atomic E-state index is 12.6. The van der Waals surface area contributed by atoms with E-state index in [4.69, 9.17) is 4.42 Å². The number of aromatic nitrogens is 2. The van der Waals surface area contributed by atoms with Gasteiger partial charge in [0.15, 0.2) is 5.69 Å². The molecule has 0 spiro atoms. The van der Waals surface area contributed by atoms with Crippen molar-refractivity contribution < 1.29 is 31.6 Å². The number of hydrogen-bond donors (Lipinski definition) is 2. The van der Waals surface area contributed by atoms with Gasteiger partial charge in [0.25, 0.3) is 6.01 Å². The van der Waals surface area contributed by atoms with E-state index >= 15 is 0 Å². The molecular formula is C36H55F4N7O3. The van der Waals surface area contributed by atoms with E-state index < -0.39 is 17.7 Å². The lowest BCUT2D eigenvalue weighted by atomic mass is 10.0. The van der Waals surface area contributed by atoms with E-state index in [1.54, 1.807) is 29.3 Å². The summed E-state index contributed by atoms with van der Waals surface area (Å²) >= 11 is 0. The average molecular weight is 710 g/mol. The SMILES string of the molecule is C=CC.CC.CC.CN1CCN(c2ccc(NC=O)nc2)CC1.Cc1oc(N2CCCC(C)C2)nc1C(F)(F)F.O=CNc1ccccc1F. The van der Waals surface area contributed by atoms with Gasteiger partial charge in [0.1, 0.15) is 17.4 Å². The Labute approximate surface area is 295 Å². The molecular weight excluding hydrogens is 654 g/mol. The Balaban J connectivity index is 0.000000676. The van der Waals surface area contributed by atoms with E-state index in [1.807, 2.05) is 46.8 Å². The lowest BCUT2D eigenvalue weighted by Crippen LogP contribution is -2.44. The van der Waals surface area contributed by atoms with Crippen molar-refractivity contribution in [3.8, 4) is 0 Å². The number of alkyl halides is 3. The van der Waals surface area contributed by atoms with Gasteiger partial charge in [-0.3, -0.25) is 9.59 Å². The molecule has 2 amide bonds. The zero-order valence-corrected chi connectivity index (χ0v) is 30.7. The van der Waals surface area contributed by atoms with Crippen LogP contribution in [0.25, 0.3) is 0 Å². The molecule has 0 saturated carbocycles. The highest BCUT2D eigenvalue weighted by molar-refractivity contribution is 5.71. The van der Waals surface area contributed by atoms with E-state index in [2.05, 4.69) is 51.0 Å². The van der Waals surface area contributed by atoms with Crippen LogP contribution >= 0.6 is 0 Å². The molecule has 3 aromatic rings. The Morgan fingerprint density at radius 1 is 0.940 bits per heavy atom. The van der Waals surface area contributed by atoms with Crippen molar-refractivity contribution in [2.75, 3.05) is 66.7 Å². The summed E-state index contributed by atoms with van der Waals surface area (Å²) in [6.45, 7) is 22.2. The Morgan fingerprint density at radius 3 is 2.02 bits per heavy atom. The van der Waals surface area contributed by atoms with Gasteiger partial charge in [-0.15, -0.1) is 6.58 Å². The maximum absolute atomic E-state index is 12.6. The number of anilines is 4. The first-order valence-corrected chi connectivity index (χ1v) is 16.8. The number of pyridine rings is 1. The number of rotatable bonds is 6. The number of nitrogens with zero attached hydrogens (tertiary/aromatic N) is 5. The van der Waals surface area contributed by atoms with E-state index in [1.165, 1.54) is 19.1 Å². The fraction of sp³-hybridized carbons (Fsp3) is 0.500. The quantitative estimate of drug-likeness (QED) is 0.150. The summed E-state index contributed by atoms with van der Waals surface area (Å²) in [6.07, 6.45) is 2.26. The Morgan fingerprint density at radius 2 is 1.54 bits per heavy atom. The highest BCUT2D eigenvalue weighted by Crippen LogP contribution is 2.34. The molecule has 0 radical (unpaired) electrons. The molecule has 5 rings (SSSR count). The normalized spacial score (nSPS) is 15.2. The fourth-order valence-electron chi connectivity index (χ4n) is 4.57. The number of piperidine rings is 1. The van der Waals surface area contributed by atoms with Gasteiger partial charge < -0.3 is 29.8 Å². The molecule has 14 heteroatoms. The predicted molar refractivity (Wildman–Crippen MR) is 195 cm³/mol. The first-order chi connectivity index (χ1) is 23.9. The molecule has 2 saturated heterocycles. The lowest BCUT2D eigenvalue weighted by molar-refractivity contribution is -0.141. The van der Waals surface area contributed by atoms with Crippen LogP contribution in [0.4, 0.5) is 40.8 Å². The van der Waals surface area contributed by atoms with Crippen LogP contribution in [0, 0.1) is 18.7 Å². The largest absolute Gasteiger partial charge is 0.436 e. The Bertz CT molecular complexity index is 1350. The van der Waals surface area contributed by atoms with Crippen molar-refractivity contribution in [2.45, 2.75) is 67.5 Å². The summed E-state index contributed by atoms with van der Waals surface area (Å²) in [6, 6.07) is 9.89. The molecule has 1 unspecified atom stereocenters. The van der Waals surface area contributed by atoms with Gasteiger partial charge in [0.2, 0.25) is 12.8 Å². The predicted octanol–water partition coefficient (Wildman–Crippen LogP) is 8.28. The molecule has 2 aromatic heterocycles. The van der Waals surface area contributed by atoms with Gasteiger partial charge in [-0.1, -0.05) is 52.8 Å². The van der Waals surface area contributed by atoms with Crippen LogP contribution in [0.1, 0.15) is 65.8 Å². The number of hydrogen-bond acceptors (Lipinski definition) is 8. The van der Waals surface area contributed by atoms with E-state index in [0.29, 0.717) is 37.6 Å². The highest BCUT2D eigenvalue weighted by atomic mass is 19.4. The zero-order chi connectivity index (χ0) is 38.1. The molecule has 0 bridgehead atoms. The number of likely N-dealkylation sites (N-methyl/N-ethyl adjacent to an activating group) is 1.